The summed E-state index contributed by atoms with van der Waals surface area (Å²) in [5.74, 6) is 0. The molecule has 5 atom stereocenters. The second-order valence-electron chi connectivity index (χ2n) is 3.70. The van der Waals surface area contributed by atoms with Crippen molar-refractivity contribution in [3.63, 3.8) is 0 Å². The minimum Gasteiger partial charge on any atom is -0.370 e. The monoisotopic (exact) mass is 268 g/mol. The van der Waals surface area contributed by atoms with E-state index in [2.05, 4.69) is 0 Å². The van der Waals surface area contributed by atoms with Crippen LogP contribution in [0, 0.1) is 0 Å². The number of hydrogen-bond donors (Lipinski definition) is 0. The Kier molecular flexibility index (Phi) is 2.25. The molecule has 78 valence electrons. The molecule has 0 bridgehead atoms. The Bertz CT molecular complexity index is 259. The third kappa shape index (κ3) is 1.44. The van der Waals surface area contributed by atoms with Gasteiger partial charge < -0.3 is 14.2 Å². The predicted octanol–water partition coefficient (Wildman–Crippen LogP) is 1.94. The average molecular weight is 268 g/mol. The van der Waals surface area contributed by atoms with E-state index in [4.69, 9.17) is 14.2 Å². The van der Waals surface area contributed by atoms with Gasteiger partial charge in [-0.3, -0.25) is 0 Å². The molecule has 0 aromatic rings. The van der Waals surface area contributed by atoms with Crippen LogP contribution in [0.1, 0.15) is 0 Å². The van der Waals surface area contributed by atoms with Crippen molar-refractivity contribution in [2.45, 2.75) is 35.1 Å². The topological polar surface area (TPSA) is 34.3 Å². The second-order valence-corrected chi connectivity index (χ2v) is 10.1. The van der Waals surface area contributed by atoms with Crippen molar-refractivity contribution < 1.29 is 14.2 Å². The highest BCUT2D eigenvalue weighted by molar-refractivity contribution is 9.31. The first-order chi connectivity index (χ1) is 6.93. The summed E-state index contributed by atoms with van der Waals surface area (Å²) in [6.07, 6.45) is 1.65. The van der Waals surface area contributed by atoms with E-state index in [1.165, 1.54) is 0 Å². The van der Waals surface area contributed by atoms with Crippen molar-refractivity contribution in [3.05, 3.63) is 0 Å². The lowest BCUT2D eigenvalue weighted by atomic mass is 10.1. The molecular weight excluding hydrogens is 260 g/mol. The predicted molar refractivity (Wildman–Crippen MR) is 61.2 cm³/mol. The van der Waals surface area contributed by atoms with Gasteiger partial charge in [0.1, 0.15) is 35.1 Å². The van der Waals surface area contributed by atoms with Crippen molar-refractivity contribution in [3.8, 4) is 0 Å². The minimum atomic E-state index is 0.224. The SMILES string of the molecule is C1OC(C2OC2C2SSSS2)C2OC12. The largest absolute Gasteiger partial charge is 0.370 e. The van der Waals surface area contributed by atoms with Gasteiger partial charge in [-0.25, -0.2) is 0 Å². The average Bonchev–Trinajstić information content (AvgIpc) is 3.08. The van der Waals surface area contributed by atoms with Crippen molar-refractivity contribution >= 4 is 41.2 Å². The highest BCUT2D eigenvalue weighted by atomic mass is 33.7. The van der Waals surface area contributed by atoms with Crippen LogP contribution in [0.3, 0.4) is 0 Å². The maximum atomic E-state index is 5.71. The van der Waals surface area contributed by atoms with Crippen LogP contribution in [-0.2, 0) is 14.2 Å². The van der Waals surface area contributed by atoms with Crippen LogP contribution in [0.5, 0.6) is 0 Å². The van der Waals surface area contributed by atoms with Gasteiger partial charge in [-0.15, -0.1) is 0 Å². The molecule has 4 aliphatic heterocycles. The van der Waals surface area contributed by atoms with Gasteiger partial charge in [-0.2, -0.15) is 0 Å². The van der Waals surface area contributed by atoms with Crippen LogP contribution in [0.2, 0.25) is 0 Å². The van der Waals surface area contributed by atoms with E-state index in [-0.39, 0.29) is 6.10 Å². The number of rotatable bonds is 2. The Morgan fingerprint density at radius 3 is 2.36 bits per heavy atom. The molecule has 5 unspecified atom stereocenters. The third-order valence-electron chi connectivity index (χ3n) is 2.85. The molecule has 0 spiro atoms. The second kappa shape index (κ2) is 3.38. The van der Waals surface area contributed by atoms with E-state index >= 15 is 0 Å². The summed E-state index contributed by atoms with van der Waals surface area (Å²) >= 11 is 0. The fraction of sp³-hybridized carbons (Fsp3) is 1.00. The van der Waals surface area contributed by atoms with Gasteiger partial charge in [0.15, 0.2) is 0 Å². The van der Waals surface area contributed by atoms with Crippen molar-refractivity contribution in [2.24, 2.45) is 0 Å². The van der Waals surface area contributed by atoms with Crippen LogP contribution in [0.25, 0.3) is 0 Å². The molecule has 4 fully saturated rings. The molecule has 0 radical (unpaired) electrons. The van der Waals surface area contributed by atoms with Gasteiger partial charge in [-0.1, -0.05) is 21.6 Å². The summed E-state index contributed by atoms with van der Waals surface area (Å²) in [5.41, 5.74) is 0. The Morgan fingerprint density at radius 2 is 1.71 bits per heavy atom. The highest BCUT2D eigenvalue weighted by Gasteiger charge is 2.63. The van der Waals surface area contributed by atoms with Crippen LogP contribution in [0.4, 0.5) is 0 Å². The molecule has 4 aliphatic rings. The Morgan fingerprint density at radius 1 is 0.857 bits per heavy atom. The Labute approximate surface area is 96.9 Å². The molecule has 14 heavy (non-hydrogen) atoms. The van der Waals surface area contributed by atoms with Gasteiger partial charge >= 0.3 is 0 Å². The molecule has 0 N–H and O–H groups in total. The first-order valence-corrected chi connectivity index (χ1v) is 9.46. The molecule has 4 heterocycles. The molecule has 0 amide bonds. The molecular formula is C7H8O3S4. The third-order valence-corrected chi connectivity index (χ3v) is 10.6. The fourth-order valence-corrected chi connectivity index (χ4v) is 10.9. The zero-order chi connectivity index (χ0) is 9.12. The van der Waals surface area contributed by atoms with Gasteiger partial charge in [0.25, 0.3) is 0 Å². The quantitative estimate of drug-likeness (QED) is 0.559. The van der Waals surface area contributed by atoms with Crippen LogP contribution < -0.4 is 0 Å². The number of ether oxygens (including phenoxy) is 3. The molecule has 4 saturated heterocycles. The van der Waals surface area contributed by atoms with E-state index in [0.29, 0.717) is 29.0 Å². The molecule has 0 aromatic carbocycles. The summed E-state index contributed by atoms with van der Waals surface area (Å²) in [6.45, 7) is 0.774. The van der Waals surface area contributed by atoms with Gasteiger partial charge in [-0.05, 0) is 19.7 Å². The first-order valence-electron chi connectivity index (χ1n) is 4.51. The summed E-state index contributed by atoms with van der Waals surface area (Å²) in [7, 11) is 7.52. The normalized spacial score (nSPS) is 56.1. The Balaban J connectivity index is 1.40. The van der Waals surface area contributed by atoms with Crippen molar-refractivity contribution in [2.75, 3.05) is 6.61 Å². The highest BCUT2D eigenvalue weighted by Crippen LogP contribution is 2.63. The maximum Gasteiger partial charge on any atom is 0.115 e. The number of fused-ring (bicyclic) bond motifs is 1. The van der Waals surface area contributed by atoms with E-state index in [9.17, 15) is 0 Å². The lowest BCUT2D eigenvalue weighted by Crippen LogP contribution is -2.25. The van der Waals surface area contributed by atoms with Gasteiger partial charge in [0.2, 0.25) is 0 Å². The maximum absolute atomic E-state index is 5.71. The van der Waals surface area contributed by atoms with E-state index < -0.39 is 0 Å². The Hall–Kier alpha value is 1.28. The summed E-state index contributed by atoms with van der Waals surface area (Å²) in [4.78, 5) is 0. The summed E-state index contributed by atoms with van der Waals surface area (Å²) in [5, 5.41) is 0. The lowest BCUT2D eigenvalue weighted by molar-refractivity contribution is 0.0130. The van der Waals surface area contributed by atoms with Crippen molar-refractivity contribution in [1.29, 1.82) is 0 Å². The number of hydrogen-bond acceptors (Lipinski definition) is 7. The smallest absolute Gasteiger partial charge is 0.115 e. The van der Waals surface area contributed by atoms with Crippen LogP contribution in [-0.4, -0.2) is 41.7 Å². The molecule has 4 rings (SSSR count). The summed E-state index contributed by atoms with van der Waals surface area (Å²) < 4.78 is 17.4. The van der Waals surface area contributed by atoms with Crippen LogP contribution >= 0.6 is 41.2 Å². The van der Waals surface area contributed by atoms with Gasteiger partial charge in [0, 0.05) is 0 Å². The zero-order valence-corrected chi connectivity index (χ0v) is 10.3. The summed E-state index contributed by atoms with van der Waals surface area (Å²) in [6, 6.07) is 0. The van der Waals surface area contributed by atoms with Crippen molar-refractivity contribution in [1.82, 2.24) is 0 Å². The molecule has 0 aliphatic carbocycles. The van der Waals surface area contributed by atoms with E-state index in [1.807, 2.05) is 41.2 Å². The van der Waals surface area contributed by atoms with Crippen LogP contribution in [0.15, 0.2) is 0 Å². The zero-order valence-electron chi connectivity index (χ0n) is 7.03. The van der Waals surface area contributed by atoms with E-state index in [1.54, 1.807) is 0 Å². The fourth-order valence-electron chi connectivity index (χ4n) is 2.02. The molecule has 0 aromatic heterocycles. The first kappa shape index (κ1) is 9.32. The minimum absolute atomic E-state index is 0.224. The molecule has 0 saturated carbocycles. The standard InChI is InChI=1S/C7H8O3S4/c1-2-3(9-2)4(8-1)5-6(10-5)7-11-13-14-12-7/h2-7H,1H2. The van der Waals surface area contributed by atoms with E-state index in [0.717, 1.165) is 6.61 Å². The lowest BCUT2D eigenvalue weighted by Gasteiger charge is -2.08. The van der Waals surface area contributed by atoms with Gasteiger partial charge in [0.05, 0.1) is 6.61 Å². The molecule has 7 heteroatoms. The number of epoxide rings is 2. The molecule has 3 nitrogen and oxygen atoms in total.